The van der Waals surface area contributed by atoms with Crippen molar-refractivity contribution in [2.45, 2.75) is 32.6 Å². The first-order chi connectivity index (χ1) is 7.83. The van der Waals surface area contributed by atoms with E-state index < -0.39 is 0 Å². The van der Waals surface area contributed by atoms with Gasteiger partial charge in [0.15, 0.2) is 5.65 Å². The van der Waals surface area contributed by atoms with Gasteiger partial charge >= 0.3 is 0 Å². The maximum atomic E-state index is 11.7. The summed E-state index contributed by atoms with van der Waals surface area (Å²) in [7, 11) is 0. The molecule has 0 atom stereocenters. The van der Waals surface area contributed by atoms with Gasteiger partial charge in [0.1, 0.15) is 0 Å². The van der Waals surface area contributed by atoms with E-state index in [1.807, 2.05) is 6.07 Å². The Morgan fingerprint density at radius 1 is 1.31 bits per heavy atom. The summed E-state index contributed by atoms with van der Waals surface area (Å²) in [6, 6.07) is 1.91. The van der Waals surface area contributed by atoms with E-state index in [0.717, 1.165) is 18.4 Å². The minimum absolute atomic E-state index is 0.0930. The number of hydrogen-bond acceptors (Lipinski definition) is 3. The molecule has 0 aliphatic rings. The average Bonchev–Trinajstić information content (AvgIpc) is 2.30. The van der Waals surface area contributed by atoms with Gasteiger partial charge in [-0.05, 0) is 24.5 Å². The molecule has 16 heavy (non-hydrogen) atoms. The van der Waals surface area contributed by atoms with Gasteiger partial charge in [-0.3, -0.25) is 4.79 Å². The van der Waals surface area contributed by atoms with Gasteiger partial charge in [-0.15, -0.1) is 0 Å². The summed E-state index contributed by atoms with van der Waals surface area (Å²) in [5.74, 6) is 0. The summed E-state index contributed by atoms with van der Waals surface area (Å²) in [6.07, 6.45) is 7.49. The fourth-order valence-electron chi connectivity index (χ4n) is 1.83. The highest BCUT2D eigenvalue weighted by molar-refractivity contribution is 5.76. The van der Waals surface area contributed by atoms with Crippen molar-refractivity contribution in [1.29, 1.82) is 0 Å². The van der Waals surface area contributed by atoms with Gasteiger partial charge in [-0.25, -0.2) is 9.97 Å². The Bertz CT molecular complexity index is 528. The van der Waals surface area contributed by atoms with E-state index >= 15 is 0 Å². The van der Waals surface area contributed by atoms with E-state index in [1.54, 1.807) is 6.20 Å². The molecule has 1 N–H and O–H groups in total. The summed E-state index contributed by atoms with van der Waals surface area (Å²) in [5, 5.41) is 0.640. The third kappa shape index (κ3) is 2.10. The molecule has 0 fully saturated rings. The van der Waals surface area contributed by atoms with Crippen LogP contribution in [0.3, 0.4) is 0 Å². The number of pyridine rings is 1. The normalized spacial score (nSPS) is 10.8. The maximum absolute atomic E-state index is 11.7. The number of nitrogens with one attached hydrogen (secondary N) is 1. The summed E-state index contributed by atoms with van der Waals surface area (Å²) < 4.78 is 0. The summed E-state index contributed by atoms with van der Waals surface area (Å²) >= 11 is 0. The smallest absolute Gasteiger partial charge is 0.260 e. The predicted molar refractivity (Wildman–Crippen MR) is 63.4 cm³/mol. The molecule has 4 nitrogen and oxygen atoms in total. The van der Waals surface area contributed by atoms with Crippen LogP contribution in [0.2, 0.25) is 0 Å². The fourth-order valence-corrected chi connectivity index (χ4v) is 1.83. The van der Waals surface area contributed by atoms with Crippen LogP contribution in [-0.2, 0) is 6.42 Å². The zero-order valence-electron chi connectivity index (χ0n) is 9.36. The van der Waals surface area contributed by atoms with Crippen LogP contribution in [0.15, 0.2) is 23.4 Å². The minimum Gasteiger partial charge on any atom is -0.312 e. The molecule has 0 saturated carbocycles. The van der Waals surface area contributed by atoms with E-state index in [2.05, 4.69) is 21.9 Å². The van der Waals surface area contributed by atoms with Crippen molar-refractivity contribution in [3.05, 3.63) is 34.5 Å². The lowest BCUT2D eigenvalue weighted by Crippen LogP contribution is -2.09. The lowest BCUT2D eigenvalue weighted by Gasteiger charge is -2.03. The van der Waals surface area contributed by atoms with Gasteiger partial charge in [0.2, 0.25) is 0 Å². The second-order valence-electron chi connectivity index (χ2n) is 3.86. The van der Waals surface area contributed by atoms with Crippen molar-refractivity contribution in [3.8, 4) is 0 Å². The molecule has 0 saturated heterocycles. The third-order valence-electron chi connectivity index (χ3n) is 2.68. The van der Waals surface area contributed by atoms with Crippen molar-refractivity contribution in [1.82, 2.24) is 15.0 Å². The Morgan fingerprint density at radius 2 is 2.19 bits per heavy atom. The standard InChI is InChI=1S/C12H15N3O/c1-2-3-4-5-9-6-7-13-11-10(9)12(16)15-8-14-11/h6-8H,2-5H2,1H3,(H,13,14,15,16). The van der Waals surface area contributed by atoms with Crippen LogP contribution >= 0.6 is 0 Å². The molecule has 0 spiro atoms. The molecule has 0 bridgehead atoms. The van der Waals surface area contributed by atoms with Crippen LogP contribution in [0.5, 0.6) is 0 Å². The van der Waals surface area contributed by atoms with Gasteiger partial charge < -0.3 is 4.98 Å². The van der Waals surface area contributed by atoms with Gasteiger partial charge in [0.25, 0.3) is 5.56 Å². The van der Waals surface area contributed by atoms with Crippen LogP contribution in [0.25, 0.3) is 11.0 Å². The Hall–Kier alpha value is -1.71. The van der Waals surface area contributed by atoms with Gasteiger partial charge in [0.05, 0.1) is 11.7 Å². The number of H-pyrrole nitrogens is 1. The molecule has 2 aromatic rings. The highest BCUT2D eigenvalue weighted by Crippen LogP contribution is 2.13. The first-order valence-electron chi connectivity index (χ1n) is 5.64. The zero-order chi connectivity index (χ0) is 11.4. The van der Waals surface area contributed by atoms with E-state index in [4.69, 9.17) is 0 Å². The van der Waals surface area contributed by atoms with E-state index in [9.17, 15) is 4.79 Å². The second kappa shape index (κ2) is 4.88. The quantitative estimate of drug-likeness (QED) is 0.797. The van der Waals surface area contributed by atoms with E-state index in [-0.39, 0.29) is 5.56 Å². The van der Waals surface area contributed by atoms with Crippen molar-refractivity contribution < 1.29 is 0 Å². The van der Waals surface area contributed by atoms with Crippen molar-refractivity contribution >= 4 is 11.0 Å². The largest absolute Gasteiger partial charge is 0.312 e. The molecule has 0 radical (unpaired) electrons. The van der Waals surface area contributed by atoms with Gasteiger partial charge in [-0.2, -0.15) is 0 Å². The number of hydrogen-bond donors (Lipinski definition) is 1. The van der Waals surface area contributed by atoms with Crippen LogP contribution in [0.4, 0.5) is 0 Å². The molecular weight excluding hydrogens is 202 g/mol. The zero-order valence-corrected chi connectivity index (χ0v) is 9.36. The lowest BCUT2D eigenvalue weighted by atomic mass is 10.1. The summed E-state index contributed by atoms with van der Waals surface area (Å²) in [5.41, 5.74) is 1.50. The molecular formula is C12H15N3O. The first kappa shape index (κ1) is 10.8. The monoisotopic (exact) mass is 217 g/mol. The number of unbranched alkanes of at least 4 members (excludes halogenated alkanes) is 2. The van der Waals surface area contributed by atoms with Gasteiger partial charge in [0, 0.05) is 6.20 Å². The first-order valence-corrected chi connectivity index (χ1v) is 5.64. The summed E-state index contributed by atoms with van der Waals surface area (Å²) in [6.45, 7) is 2.17. The van der Waals surface area contributed by atoms with E-state index in [0.29, 0.717) is 11.0 Å². The second-order valence-corrected chi connectivity index (χ2v) is 3.86. The molecule has 84 valence electrons. The number of fused-ring (bicyclic) bond motifs is 1. The highest BCUT2D eigenvalue weighted by atomic mass is 16.1. The molecule has 0 aromatic carbocycles. The molecule has 2 rings (SSSR count). The third-order valence-corrected chi connectivity index (χ3v) is 2.68. The Kier molecular flexibility index (Phi) is 3.29. The molecule has 0 unspecified atom stereocenters. The SMILES string of the molecule is CCCCCc1ccnc2nc[nH]c(=O)c12. The number of aryl methyl sites for hydroxylation is 1. The lowest BCUT2D eigenvalue weighted by molar-refractivity contribution is 0.719. The average molecular weight is 217 g/mol. The van der Waals surface area contributed by atoms with Crippen LogP contribution in [0, 0.1) is 0 Å². The molecule has 0 aliphatic heterocycles. The minimum atomic E-state index is -0.0930. The molecule has 2 aromatic heterocycles. The van der Waals surface area contributed by atoms with Crippen LogP contribution in [-0.4, -0.2) is 15.0 Å². The Labute approximate surface area is 93.8 Å². The molecule has 0 aliphatic carbocycles. The van der Waals surface area contributed by atoms with E-state index in [1.165, 1.54) is 19.2 Å². The Morgan fingerprint density at radius 3 is 3.00 bits per heavy atom. The van der Waals surface area contributed by atoms with Crippen molar-refractivity contribution in [2.75, 3.05) is 0 Å². The van der Waals surface area contributed by atoms with Gasteiger partial charge in [-0.1, -0.05) is 19.8 Å². The topological polar surface area (TPSA) is 58.6 Å². The summed E-state index contributed by atoms with van der Waals surface area (Å²) in [4.78, 5) is 22.5. The number of aromatic amines is 1. The maximum Gasteiger partial charge on any atom is 0.260 e. The molecule has 2 heterocycles. The number of rotatable bonds is 4. The van der Waals surface area contributed by atoms with Crippen LogP contribution < -0.4 is 5.56 Å². The number of aromatic nitrogens is 3. The fraction of sp³-hybridized carbons (Fsp3) is 0.417. The highest BCUT2D eigenvalue weighted by Gasteiger charge is 2.06. The van der Waals surface area contributed by atoms with Crippen molar-refractivity contribution in [3.63, 3.8) is 0 Å². The predicted octanol–water partition coefficient (Wildman–Crippen LogP) is 2.05. The number of nitrogens with zero attached hydrogens (tertiary/aromatic N) is 2. The van der Waals surface area contributed by atoms with Crippen LogP contribution in [0.1, 0.15) is 31.7 Å². The van der Waals surface area contributed by atoms with Crippen molar-refractivity contribution in [2.24, 2.45) is 0 Å². The Balaban J connectivity index is 2.41. The molecule has 4 heteroatoms. The molecule has 0 amide bonds.